The van der Waals surface area contributed by atoms with Crippen molar-refractivity contribution in [2.24, 2.45) is 5.41 Å². The standard InChI is InChI=1S/C27H37N5O6S/c1-26(2,17-34)31-24-23-18(5-14-38-23)15-22(29-24)30-25(35)20-4-3-19(39(36,37)28-10-13-33)16-21(20)32-11-8-27(6-7-27)9-12-32/h3-4,15-16,28,33-34H,5-14,17H2,1-2H3,(H2,29,30,31,35). The highest BCUT2D eigenvalue weighted by molar-refractivity contribution is 7.89. The summed E-state index contributed by atoms with van der Waals surface area (Å²) in [4.78, 5) is 20.3. The molecule has 0 unspecified atom stereocenters. The Morgan fingerprint density at radius 2 is 1.90 bits per heavy atom. The Kier molecular flexibility index (Phi) is 7.49. The zero-order valence-electron chi connectivity index (χ0n) is 22.4. The van der Waals surface area contributed by atoms with Gasteiger partial charge in [0.1, 0.15) is 5.82 Å². The highest BCUT2D eigenvalue weighted by Crippen LogP contribution is 2.54. The summed E-state index contributed by atoms with van der Waals surface area (Å²) in [6.45, 7) is 5.13. The monoisotopic (exact) mass is 559 g/mol. The lowest BCUT2D eigenvalue weighted by atomic mass is 9.93. The van der Waals surface area contributed by atoms with E-state index in [0.717, 1.165) is 31.5 Å². The second-order valence-corrected chi connectivity index (χ2v) is 13.1. The van der Waals surface area contributed by atoms with Gasteiger partial charge < -0.3 is 30.5 Å². The Morgan fingerprint density at radius 3 is 2.56 bits per heavy atom. The molecule has 5 N–H and O–H groups in total. The number of hydrogen-bond donors (Lipinski definition) is 5. The van der Waals surface area contributed by atoms with Crippen LogP contribution in [0.1, 0.15) is 55.5 Å². The highest BCUT2D eigenvalue weighted by atomic mass is 32.2. The molecule has 1 aliphatic carbocycles. The Balaban J connectivity index is 1.45. The van der Waals surface area contributed by atoms with Crippen molar-refractivity contribution < 1.29 is 28.2 Å². The van der Waals surface area contributed by atoms with Gasteiger partial charge in [0.05, 0.1) is 41.5 Å². The lowest BCUT2D eigenvalue weighted by Crippen LogP contribution is -2.36. The van der Waals surface area contributed by atoms with Crippen molar-refractivity contribution in [1.82, 2.24) is 9.71 Å². The summed E-state index contributed by atoms with van der Waals surface area (Å²) in [5, 5.41) is 24.9. The van der Waals surface area contributed by atoms with E-state index in [1.165, 1.54) is 25.0 Å². The van der Waals surface area contributed by atoms with Crippen LogP contribution in [0.2, 0.25) is 0 Å². The van der Waals surface area contributed by atoms with Crippen LogP contribution in [-0.4, -0.2) is 74.5 Å². The number of carbonyl (C=O) groups is 1. The summed E-state index contributed by atoms with van der Waals surface area (Å²) in [5.74, 6) is 0.996. The Labute approximate surface area is 229 Å². The molecule has 2 aromatic rings. The third kappa shape index (κ3) is 5.98. The Hall–Kier alpha value is -2.93. The highest BCUT2D eigenvalue weighted by Gasteiger charge is 2.44. The number of pyridine rings is 1. The number of rotatable bonds is 10. The van der Waals surface area contributed by atoms with Crippen molar-refractivity contribution in [3.8, 4) is 5.75 Å². The first-order valence-electron chi connectivity index (χ1n) is 13.4. The first-order chi connectivity index (χ1) is 18.5. The van der Waals surface area contributed by atoms with Crippen LogP contribution in [0.4, 0.5) is 17.3 Å². The molecule has 0 bridgehead atoms. The van der Waals surface area contributed by atoms with Crippen molar-refractivity contribution in [3.05, 3.63) is 35.4 Å². The van der Waals surface area contributed by atoms with E-state index in [4.69, 9.17) is 9.84 Å². The maximum atomic E-state index is 13.6. The van der Waals surface area contributed by atoms with Crippen LogP contribution in [0, 0.1) is 5.41 Å². The van der Waals surface area contributed by atoms with Gasteiger partial charge in [0.15, 0.2) is 11.6 Å². The van der Waals surface area contributed by atoms with Gasteiger partial charge >= 0.3 is 0 Å². The van der Waals surface area contributed by atoms with Gasteiger partial charge in [0.2, 0.25) is 10.0 Å². The minimum absolute atomic E-state index is 0.0414. The van der Waals surface area contributed by atoms with Crippen LogP contribution in [0.25, 0.3) is 0 Å². The molecule has 12 heteroatoms. The van der Waals surface area contributed by atoms with E-state index in [9.17, 15) is 18.3 Å². The van der Waals surface area contributed by atoms with Crippen LogP contribution < -0.4 is 25.0 Å². The number of aliphatic hydroxyl groups excluding tert-OH is 2. The van der Waals surface area contributed by atoms with Crippen LogP contribution in [-0.2, 0) is 16.4 Å². The number of fused-ring (bicyclic) bond motifs is 1. The third-order valence-electron chi connectivity index (χ3n) is 7.81. The predicted molar refractivity (Wildman–Crippen MR) is 148 cm³/mol. The first kappa shape index (κ1) is 27.6. The molecule has 0 atom stereocenters. The van der Waals surface area contributed by atoms with Crippen molar-refractivity contribution in [1.29, 1.82) is 0 Å². The first-order valence-corrected chi connectivity index (χ1v) is 14.9. The molecule has 39 heavy (non-hydrogen) atoms. The maximum Gasteiger partial charge on any atom is 0.258 e. The normalized spacial score (nSPS) is 18.0. The number of carbonyl (C=O) groups excluding carboxylic acids is 1. The van der Waals surface area contributed by atoms with Crippen molar-refractivity contribution in [2.45, 2.75) is 56.4 Å². The number of nitrogens with one attached hydrogen (secondary N) is 3. The van der Waals surface area contributed by atoms with Crippen molar-refractivity contribution in [3.63, 3.8) is 0 Å². The number of benzene rings is 1. The van der Waals surface area contributed by atoms with Gasteiger partial charge in [-0.3, -0.25) is 4.79 Å². The molecular formula is C27H37N5O6S. The van der Waals surface area contributed by atoms with Crippen LogP contribution in [0.3, 0.4) is 0 Å². The molecule has 2 aliphatic heterocycles. The molecule has 2 fully saturated rings. The summed E-state index contributed by atoms with van der Waals surface area (Å²) in [5.41, 5.74) is 1.57. The quantitative estimate of drug-likeness (QED) is 0.295. The molecule has 1 saturated heterocycles. The molecule has 1 aromatic heterocycles. The summed E-state index contributed by atoms with van der Waals surface area (Å²) in [6.07, 6.45) is 5.14. The van der Waals surface area contributed by atoms with Crippen molar-refractivity contribution >= 4 is 33.3 Å². The van der Waals surface area contributed by atoms with Gasteiger partial charge in [0, 0.05) is 31.6 Å². The zero-order chi connectivity index (χ0) is 27.8. The lowest BCUT2D eigenvalue weighted by molar-refractivity contribution is 0.102. The smallest absolute Gasteiger partial charge is 0.258 e. The molecule has 0 radical (unpaired) electrons. The number of piperidine rings is 1. The Bertz CT molecular complexity index is 1350. The minimum atomic E-state index is -3.85. The fraction of sp³-hybridized carbons (Fsp3) is 0.556. The summed E-state index contributed by atoms with van der Waals surface area (Å²) in [6, 6.07) is 6.27. The van der Waals surface area contributed by atoms with Gasteiger partial charge in [-0.1, -0.05) is 0 Å². The molecule has 1 aromatic carbocycles. The molecular weight excluding hydrogens is 522 g/mol. The lowest BCUT2D eigenvalue weighted by Gasteiger charge is -2.35. The number of aromatic nitrogens is 1. The molecule has 212 valence electrons. The number of hydrogen-bond acceptors (Lipinski definition) is 9. The molecule has 1 spiro atoms. The summed E-state index contributed by atoms with van der Waals surface area (Å²) >= 11 is 0. The Morgan fingerprint density at radius 1 is 1.15 bits per heavy atom. The average Bonchev–Trinajstić information content (AvgIpc) is 3.48. The van der Waals surface area contributed by atoms with Crippen LogP contribution in [0.15, 0.2) is 29.2 Å². The number of ether oxygens (including phenoxy) is 1. The number of sulfonamides is 1. The van der Waals surface area contributed by atoms with E-state index >= 15 is 0 Å². The van der Waals surface area contributed by atoms with E-state index < -0.39 is 21.5 Å². The molecule has 3 aliphatic rings. The summed E-state index contributed by atoms with van der Waals surface area (Å²) in [7, 11) is -3.85. The van der Waals surface area contributed by atoms with Gasteiger partial charge in [0.25, 0.3) is 5.91 Å². The zero-order valence-corrected chi connectivity index (χ0v) is 23.2. The van der Waals surface area contributed by atoms with Crippen molar-refractivity contribution in [2.75, 3.05) is 55.0 Å². The summed E-state index contributed by atoms with van der Waals surface area (Å²) < 4.78 is 33.7. The number of anilines is 3. The second kappa shape index (κ2) is 10.6. The average molecular weight is 560 g/mol. The minimum Gasteiger partial charge on any atom is -0.489 e. The maximum absolute atomic E-state index is 13.6. The van der Waals surface area contributed by atoms with E-state index in [1.54, 1.807) is 12.1 Å². The fourth-order valence-corrected chi connectivity index (χ4v) is 6.22. The van der Waals surface area contributed by atoms with Gasteiger partial charge in [-0.25, -0.2) is 18.1 Å². The van der Waals surface area contributed by atoms with Gasteiger partial charge in [-0.05, 0) is 69.2 Å². The largest absolute Gasteiger partial charge is 0.489 e. The third-order valence-corrected chi connectivity index (χ3v) is 9.27. The van der Waals surface area contributed by atoms with Crippen LogP contribution in [0.5, 0.6) is 5.75 Å². The van der Waals surface area contributed by atoms with E-state index in [1.807, 2.05) is 13.8 Å². The fourth-order valence-electron chi connectivity index (χ4n) is 5.18. The number of amides is 1. The van der Waals surface area contributed by atoms with E-state index in [-0.39, 0.29) is 24.7 Å². The molecule has 5 rings (SSSR count). The molecule has 3 heterocycles. The molecule has 11 nitrogen and oxygen atoms in total. The van der Waals surface area contributed by atoms with Gasteiger partial charge in [-0.2, -0.15) is 0 Å². The second-order valence-electron chi connectivity index (χ2n) is 11.4. The van der Waals surface area contributed by atoms with Gasteiger partial charge in [-0.15, -0.1) is 0 Å². The van der Waals surface area contributed by atoms with Crippen LogP contribution >= 0.6 is 0 Å². The number of aliphatic hydroxyl groups is 2. The predicted octanol–water partition coefficient (Wildman–Crippen LogP) is 2.10. The SMILES string of the molecule is CC(C)(CO)Nc1nc(NC(=O)c2ccc(S(=O)(=O)NCCO)cc2N2CCC3(CC2)CC3)cc2c1OCC2. The molecule has 1 saturated carbocycles. The topological polar surface area (TPSA) is 153 Å². The molecule has 1 amide bonds. The van der Waals surface area contributed by atoms with E-state index in [2.05, 4.69) is 25.2 Å². The number of nitrogens with zero attached hydrogens (tertiary/aromatic N) is 2. The van der Waals surface area contributed by atoms with E-state index in [0.29, 0.717) is 47.1 Å².